The Kier molecular flexibility index (Phi) is 6.10. The zero-order chi connectivity index (χ0) is 23.5. The number of hydrogen-bond acceptors (Lipinski definition) is 6. The van der Waals surface area contributed by atoms with Crippen LogP contribution in [0.4, 0.5) is 0 Å². The molecule has 0 saturated carbocycles. The van der Waals surface area contributed by atoms with E-state index in [4.69, 9.17) is 9.83 Å². The van der Waals surface area contributed by atoms with Crippen molar-refractivity contribution in [3.05, 3.63) is 101 Å². The zero-order valence-corrected chi connectivity index (χ0v) is 18.6. The molecule has 5 rings (SSSR count). The highest BCUT2D eigenvalue weighted by Crippen LogP contribution is 2.26. The Labute approximate surface area is 197 Å². The molecule has 2 amide bonds. The summed E-state index contributed by atoms with van der Waals surface area (Å²) in [7, 11) is 0. The van der Waals surface area contributed by atoms with Gasteiger partial charge < -0.3 is 10.0 Å². The summed E-state index contributed by atoms with van der Waals surface area (Å²) in [6, 6.07) is 24.1. The number of benzene rings is 3. The molecule has 7 nitrogen and oxygen atoms in total. The summed E-state index contributed by atoms with van der Waals surface area (Å²) in [6.45, 7) is 0.780. The van der Waals surface area contributed by atoms with Crippen molar-refractivity contribution in [3.8, 4) is 5.75 Å². The van der Waals surface area contributed by atoms with Gasteiger partial charge in [0, 0.05) is 6.54 Å². The highest BCUT2D eigenvalue weighted by atomic mass is 16.7. The van der Waals surface area contributed by atoms with Crippen LogP contribution < -0.4 is 0 Å². The van der Waals surface area contributed by atoms with Crippen LogP contribution in [-0.4, -0.2) is 51.9 Å². The van der Waals surface area contributed by atoms with Gasteiger partial charge in [0.25, 0.3) is 11.8 Å². The third kappa shape index (κ3) is 4.43. The number of amides is 2. The van der Waals surface area contributed by atoms with E-state index in [2.05, 4.69) is 17.0 Å². The molecule has 1 N–H and O–H groups in total. The van der Waals surface area contributed by atoms with Crippen LogP contribution in [0.2, 0.25) is 0 Å². The van der Waals surface area contributed by atoms with Crippen molar-refractivity contribution in [3.63, 3.8) is 0 Å². The molecule has 0 saturated heterocycles. The number of phenolic OH excluding ortho intramolecular Hbond substituents is 1. The Bertz CT molecular complexity index is 1190. The zero-order valence-electron chi connectivity index (χ0n) is 18.6. The first-order chi connectivity index (χ1) is 16.6. The third-order valence-corrected chi connectivity index (χ3v) is 6.23. The van der Waals surface area contributed by atoms with Crippen LogP contribution in [0, 0.1) is 0 Å². The standard InChI is InChI=1S/C27H25N3O4/c31-21-10-6-9-20(15-21)17-29-18-28-24(16-19-7-2-1-3-8-19)25(29)13-14-34-30-26(32)22-11-4-5-12-23(22)27(30)33/h1-12,15,18,24-25,31H,13-14,16-17H2. The summed E-state index contributed by atoms with van der Waals surface area (Å²) >= 11 is 0. The van der Waals surface area contributed by atoms with Gasteiger partial charge in [-0.3, -0.25) is 19.4 Å². The average molecular weight is 456 g/mol. The van der Waals surface area contributed by atoms with E-state index in [1.54, 1.807) is 36.4 Å². The van der Waals surface area contributed by atoms with Crippen LogP contribution in [0.15, 0.2) is 83.9 Å². The molecule has 3 aromatic rings. The van der Waals surface area contributed by atoms with Gasteiger partial charge in [-0.05, 0) is 48.2 Å². The van der Waals surface area contributed by atoms with Crippen molar-refractivity contribution >= 4 is 18.2 Å². The molecule has 7 heteroatoms. The Morgan fingerprint density at radius 3 is 2.24 bits per heavy atom. The minimum absolute atomic E-state index is 0.00508. The van der Waals surface area contributed by atoms with Crippen molar-refractivity contribution in [2.75, 3.05) is 6.61 Å². The quantitative estimate of drug-likeness (QED) is 0.522. The van der Waals surface area contributed by atoms with Gasteiger partial charge in [0.05, 0.1) is 36.2 Å². The van der Waals surface area contributed by atoms with Crippen LogP contribution in [0.1, 0.15) is 38.3 Å². The first kappa shape index (κ1) is 21.9. The molecule has 0 radical (unpaired) electrons. The number of aromatic hydroxyl groups is 1. The predicted molar refractivity (Wildman–Crippen MR) is 127 cm³/mol. The number of hydroxylamine groups is 2. The Morgan fingerprint density at radius 2 is 1.53 bits per heavy atom. The molecule has 0 fully saturated rings. The van der Waals surface area contributed by atoms with E-state index in [0.717, 1.165) is 17.0 Å². The number of rotatable bonds is 8. The van der Waals surface area contributed by atoms with Crippen LogP contribution >= 0.6 is 0 Å². The van der Waals surface area contributed by atoms with Gasteiger partial charge in [-0.2, -0.15) is 0 Å². The summed E-state index contributed by atoms with van der Waals surface area (Å²) in [6.07, 6.45) is 3.19. The molecule has 0 bridgehead atoms. The largest absolute Gasteiger partial charge is 0.508 e. The molecule has 2 heterocycles. The molecular formula is C27H25N3O4. The second-order valence-corrected chi connectivity index (χ2v) is 8.50. The third-order valence-electron chi connectivity index (χ3n) is 6.23. The number of aliphatic imine (C=N–C) groups is 1. The van der Waals surface area contributed by atoms with Crippen LogP contribution in [0.3, 0.4) is 0 Å². The van der Waals surface area contributed by atoms with E-state index in [1.165, 1.54) is 5.56 Å². The lowest BCUT2D eigenvalue weighted by Crippen LogP contribution is -2.39. The maximum absolute atomic E-state index is 12.6. The second-order valence-electron chi connectivity index (χ2n) is 8.50. The van der Waals surface area contributed by atoms with Crippen molar-refractivity contribution in [2.24, 2.45) is 4.99 Å². The lowest BCUT2D eigenvalue weighted by atomic mass is 9.97. The second kappa shape index (κ2) is 9.49. The van der Waals surface area contributed by atoms with Crippen molar-refractivity contribution in [1.82, 2.24) is 9.96 Å². The molecular weight excluding hydrogens is 430 g/mol. The van der Waals surface area contributed by atoms with Crippen LogP contribution in [0.5, 0.6) is 5.75 Å². The van der Waals surface area contributed by atoms with Gasteiger partial charge in [0.2, 0.25) is 0 Å². The number of phenols is 1. The molecule has 2 unspecified atom stereocenters. The fraction of sp³-hybridized carbons (Fsp3) is 0.222. The fourth-order valence-corrected chi connectivity index (χ4v) is 4.55. The minimum atomic E-state index is -0.430. The van der Waals surface area contributed by atoms with Crippen molar-refractivity contribution in [2.45, 2.75) is 31.5 Å². The first-order valence-corrected chi connectivity index (χ1v) is 11.3. The minimum Gasteiger partial charge on any atom is -0.508 e. The van der Waals surface area contributed by atoms with E-state index in [1.807, 2.05) is 36.7 Å². The lowest BCUT2D eigenvalue weighted by Gasteiger charge is -2.29. The van der Waals surface area contributed by atoms with E-state index < -0.39 is 11.8 Å². The maximum atomic E-state index is 12.6. The van der Waals surface area contributed by atoms with Gasteiger partial charge in [-0.1, -0.05) is 54.6 Å². The average Bonchev–Trinajstić information content (AvgIpc) is 3.33. The number of imide groups is 1. The maximum Gasteiger partial charge on any atom is 0.285 e. The molecule has 3 aromatic carbocycles. The number of fused-ring (bicyclic) bond motifs is 1. The smallest absolute Gasteiger partial charge is 0.285 e. The van der Waals surface area contributed by atoms with Crippen molar-refractivity contribution in [1.29, 1.82) is 0 Å². The summed E-state index contributed by atoms with van der Waals surface area (Å²) in [5, 5.41) is 10.7. The number of carbonyl (C=O) groups is 2. The molecule has 2 atom stereocenters. The van der Waals surface area contributed by atoms with Crippen LogP contribution in [-0.2, 0) is 17.8 Å². The Hall–Kier alpha value is -3.97. The molecule has 0 aromatic heterocycles. The first-order valence-electron chi connectivity index (χ1n) is 11.3. The van der Waals surface area contributed by atoms with Gasteiger partial charge in [0.15, 0.2) is 0 Å². The van der Waals surface area contributed by atoms with Gasteiger partial charge in [-0.15, -0.1) is 5.06 Å². The summed E-state index contributed by atoms with van der Waals surface area (Å²) in [4.78, 5) is 37.8. The normalized spacial score (nSPS) is 19.2. The van der Waals surface area contributed by atoms with Gasteiger partial charge in [0.1, 0.15) is 5.75 Å². The van der Waals surface area contributed by atoms with E-state index in [0.29, 0.717) is 24.1 Å². The fourth-order valence-electron chi connectivity index (χ4n) is 4.55. The SMILES string of the molecule is O=C1c2ccccc2C(=O)N1OCCC1C(Cc2ccccc2)N=CN1Cc1cccc(O)c1. The molecule has 34 heavy (non-hydrogen) atoms. The van der Waals surface area contributed by atoms with E-state index >= 15 is 0 Å². The summed E-state index contributed by atoms with van der Waals surface area (Å²) in [5.74, 6) is -0.638. The molecule has 0 spiro atoms. The highest BCUT2D eigenvalue weighted by Gasteiger charge is 2.37. The molecule has 0 aliphatic carbocycles. The molecule has 2 aliphatic rings. The monoisotopic (exact) mass is 455 g/mol. The van der Waals surface area contributed by atoms with E-state index in [9.17, 15) is 14.7 Å². The lowest BCUT2D eigenvalue weighted by molar-refractivity contribution is -0.0950. The molecule has 172 valence electrons. The number of nitrogens with zero attached hydrogens (tertiary/aromatic N) is 3. The van der Waals surface area contributed by atoms with Gasteiger partial charge in [-0.25, -0.2) is 0 Å². The predicted octanol–water partition coefficient (Wildman–Crippen LogP) is 3.83. The highest BCUT2D eigenvalue weighted by molar-refractivity contribution is 6.20. The van der Waals surface area contributed by atoms with Crippen LogP contribution in [0.25, 0.3) is 0 Å². The Balaban J connectivity index is 1.28. The Morgan fingerprint density at radius 1 is 0.853 bits per heavy atom. The summed E-state index contributed by atoms with van der Waals surface area (Å²) in [5.41, 5.74) is 2.89. The van der Waals surface area contributed by atoms with Crippen molar-refractivity contribution < 1.29 is 19.5 Å². The van der Waals surface area contributed by atoms with E-state index in [-0.39, 0.29) is 24.4 Å². The summed E-state index contributed by atoms with van der Waals surface area (Å²) < 4.78 is 0. The number of carbonyl (C=O) groups excluding carboxylic acids is 2. The molecule has 2 aliphatic heterocycles. The topological polar surface area (TPSA) is 82.4 Å². The van der Waals surface area contributed by atoms with Gasteiger partial charge >= 0.3 is 0 Å². The number of hydrogen-bond donors (Lipinski definition) is 1.